The summed E-state index contributed by atoms with van der Waals surface area (Å²) in [6.45, 7) is 14.0. The van der Waals surface area contributed by atoms with Crippen LogP contribution in [-0.2, 0) is 12.8 Å². The van der Waals surface area contributed by atoms with E-state index in [1.165, 1.54) is 192 Å². The lowest BCUT2D eigenvalue weighted by Crippen LogP contribution is -2.55. The monoisotopic (exact) mass is 1020 g/mol. The molecule has 2 nitrogen and oxygen atoms in total. The summed E-state index contributed by atoms with van der Waals surface area (Å²) in [6, 6.07) is 49.3. The van der Waals surface area contributed by atoms with Crippen molar-refractivity contribution >= 4 is 52.2 Å². The molecular weight excluding hydrogens is 937 g/mol. The van der Waals surface area contributed by atoms with Crippen molar-refractivity contribution in [2.75, 3.05) is 0 Å². The van der Waals surface area contributed by atoms with Crippen LogP contribution in [0.4, 0.5) is 0 Å². The predicted molar refractivity (Wildman–Crippen MR) is 325 cm³/mol. The van der Waals surface area contributed by atoms with Crippen molar-refractivity contribution in [3.63, 3.8) is 0 Å². The van der Waals surface area contributed by atoms with Crippen molar-refractivity contribution in [3.8, 4) is 65.0 Å². The minimum atomic E-state index is -2.08. The Balaban J connectivity index is 1.20. The molecule has 0 atom stereocenters. The molecule has 8 aromatic rings. The summed E-state index contributed by atoms with van der Waals surface area (Å²) in [4.78, 5) is 17.0. The number of fused-ring (bicyclic) bond motifs is 4. The highest BCUT2D eigenvalue weighted by Gasteiger charge is 2.44. The number of thiophene rings is 2. The van der Waals surface area contributed by atoms with Gasteiger partial charge in [-0.1, -0.05) is 245 Å². The fourth-order valence-corrected chi connectivity index (χ4v) is 20.0. The maximum absolute atomic E-state index is 5.82. The zero-order valence-electron chi connectivity index (χ0n) is 45.3. The maximum atomic E-state index is 5.82. The molecular formula is C68H82N2S2Si. The Labute approximate surface area is 449 Å². The summed E-state index contributed by atoms with van der Waals surface area (Å²) < 4.78 is 0. The molecule has 0 N–H and O–H groups in total. The molecule has 5 aromatic carbocycles. The molecule has 3 aromatic heterocycles. The molecule has 0 saturated carbocycles. The molecule has 380 valence electrons. The molecule has 0 bridgehead atoms. The molecule has 0 aliphatic carbocycles. The number of nitrogens with zero attached hydrogens (tertiary/aromatic N) is 2. The van der Waals surface area contributed by atoms with Crippen molar-refractivity contribution in [3.05, 3.63) is 143 Å². The SMILES string of the molecule is CCCCCCCC[Si]1(CCCCCCCC)c2cc(C)ccc2-c2ccc(-c3sc(-c4ccc(-c5cc(CCCCC)c(C)s5)c5nc(-c6ccccc6)c(-c6ccccc6)nc45)cc3CCCCC)cc21. The van der Waals surface area contributed by atoms with Crippen LogP contribution in [0.3, 0.4) is 0 Å². The van der Waals surface area contributed by atoms with E-state index in [0.717, 1.165) is 46.4 Å². The first-order valence-electron chi connectivity index (χ1n) is 28.8. The number of hydrogen-bond acceptors (Lipinski definition) is 4. The highest BCUT2D eigenvalue weighted by atomic mass is 32.1. The van der Waals surface area contributed by atoms with Crippen LogP contribution in [0.1, 0.15) is 165 Å². The summed E-state index contributed by atoms with van der Waals surface area (Å²) in [5.41, 5.74) is 17.3. The van der Waals surface area contributed by atoms with Gasteiger partial charge in [-0.15, -0.1) is 22.7 Å². The topological polar surface area (TPSA) is 25.8 Å². The Morgan fingerprint density at radius 3 is 1.41 bits per heavy atom. The fraction of sp³-hybridized carbons (Fsp3) is 0.412. The third-order valence-corrected chi connectivity index (χ3v) is 23.8. The number of aromatic nitrogens is 2. The van der Waals surface area contributed by atoms with Gasteiger partial charge in [0.15, 0.2) is 0 Å². The molecule has 0 unspecified atom stereocenters. The number of hydrogen-bond donors (Lipinski definition) is 0. The van der Waals surface area contributed by atoms with E-state index in [1.807, 2.05) is 22.7 Å². The molecule has 0 radical (unpaired) electrons. The summed E-state index contributed by atoms with van der Waals surface area (Å²) in [7, 11) is -2.08. The summed E-state index contributed by atoms with van der Waals surface area (Å²) in [5.74, 6) is 0. The molecule has 0 spiro atoms. The Hall–Kier alpha value is -4.94. The van der Waals surface area contributed by atoms with Gasteiger partial charge in [-0.2, -0.15) is 0 Å². The number of aryl methyl sites for hydroxylation is 4. The predicted octanol–water partition coefficient (Wildman–Crippen LogP) is 20.4. The number of unbranched alkanes of at least 4 members (excludes halogenated alkanes) is 14. The van der Waals surface area contributed by atoms with Gasteiger partial charge in [-0.25, -0.2) is 9.97 Å². The van der Waals surface area contributed by atoms with Crippen molar-refractivity contribution in [1.82, 2.24) is 9.97 Å². The normalized spacial score (nSPS) is 12.7. The molecule has 4 heterocycles. The van der Waals surface area contributed by atoms with Gasteiger partial charge in [-0.3, -0.25) is 0 Å². The zero-order chi connectivity index (χ0) is 50.6. The molecule has 0 fully saturated rings. The first-order valence-corrected chi connectivity index (χ1v) is 32.9. The van der Waals surface area contributed by atoms with Crippen LogP contribution < -0.4 is 10.4 Å². The fourth-order valence-electron chi connectivity index (χ4n) is 12.0. The minimum Gasteiger partial charge on any atom is -0.243 e. The van der Waals surface area contributed by atoms with E-state index in [4.69, 9.17) is 9.97 Å². The molecule has 1 aliphatic heterocycles. The van der Waals surface area contributed by atoms with Crippen molar-refractivity contribution < 1.29 is 0 Å². The van der Waals surface area contributed by atoms with Gasteiger partial charge in [0.25, 0.3) is 0 Å². The van der Waals surface area contributed by atoms with Crippen LogP contribution in [0, 0.1) is 13.8 Å². The molecule has 0 saturated heterocycles. The van der Waals surface area contributed by atoms with Crippen LogP contribution in [0.5, 0.6) is 0 Å². The van der Waals surface area contributed by atoms with Crippen LogP contribution in [0.15, 0.2) is 121 Å². The largest absolute Gasteiger partial charge is 0.243 e. The van der Waals surface area contributed by atoms with Crippen LogP contribution in [0.25, 0.3) is 76.0 Å². The smallest absolute Gasteiger partial charge is 0.119 e. The van der Waals surface area contributed by atoms with E-state index in [2.05, 4.69) is 163 Å². The third kappa shape index (κ3) is 12.0. The van der Waals surface area contributed by atoms with Crippen LogP contribution in [-0.4, -0.2) is 18.0 Å². The second-order valence-corrected chi connectivity index (χ2v) is 28.1. The highest BCUT2D eigenvalue weighted by Crippen LogP contribution is 2.46. The van der Waals surface area contributed by atoms with Crippen LogP contribution >= 0.6 is 22.7 Å². The van der Waals surface area contributed by atoms with E-state index in [1.54, 1.807) is 10.4 Å². The summed E-state index contributed by atoms with van der Waals surface area (Å²) in [6.07, 6.45) is 25.8. The summed E-state index contributed by atoms with van der Waals surface area (Å²) in [5, 5.41) is 3.46. The lowest BCUT2D eigenvalue weighted by atomic mass is 9.98. The lowest BCUT2D eigenvalue weighted by molar-refractivity contribution is 0.616. The number of benzene rings is 5. The van der Waals surface area contributed by atoms with E-state index in [-0.39, 0.29) is 0 Å². The first-order chi connectivity index (χ1) is 35.9. The second-order valence-electron chi connectivity index (χ2n) is 21.5. The van der Waals surface area contributed by atoms with Gasteiger partial charge in [-0.05, 0) is 102 Å². The van der Waals surface area contributed by atoms with Gasteiger partial charge in [0.2, 0.25) is 0 Å². The zero-order valence-corrected chi connectivity index (χ0v) is 47.9. The Kier molecular flexibility index (Phi) is 18.5. The van der Waals surface area contributed by atoms with E-state index in [9.17, 15) is 0 Å². The second kappa shape index (κ2) is 25.5. The average Bonchev–Trinajstić information content (AvgIpc) is 4.09. The van der Waals surface area contributed by atoms with Gasteiger partial charge in [0.05, 0.1) is 22.4 Å². The van der Waals surface area contributed by atoms with E-state index in [0.29, 0.717) is 0 Å². The molecule has 1 aliphatic rings. The van der Waals surface area contributed by atoms with Gasteiger partial charge < -0.3 is 0 Å². The van der Waals surface area contributed by atoms with Gasteiger partial charge in [0, 0.05) is 41.8 Å². The Morgan fingerprint density at radius 2 is 0.849 bits per heavy atom. The molecule has 5 heteroatoms. The molecule has 73 heavy (non-hydrogen) atoms. The van der Waals surface area contributed by atoms with Crippen molar-refractivity contribution in [2.45, 2.75) is 182 Å². The Morgan fingerprint density at radius 1 is 0.397 bits per heavy atom. The van der Waals surface area contributed by atoms with Crippen molar-refractivity contribution in [2.24, 2.45) is 0 Å². The maximum Gasteiger partial charge on any atom is 0.119 e. The van der Waals surface area contributed by atoms with E-state index >= 15 is 0 Å². The molecule has 0 amide bonds. The van der Waals surface area contributed by atoms with Gasteiger partial charge >= 0.3 is 0 Å². The standard InChI is InChI=1S/C68H82N2S2Si/c1-7-11-15-17-19-29-43-73(44-30-20-18-16-12-8-2)62-45-49(5)37-39-56(62)57-40-38-55(48-63(57)73)68-54(36-24-14-10-4)47-61(72-68)59-42-41-58(60-46-53(50(6)71-60)35-23-13-9-3)66-67(59)70-65(52-33-27-22-28-34-52)64(69-66)51-31-25-21-26-32-51/h21-22,25-28,31-34,37-42,45-48H,7-20,23-24,29-30,35-36,43-44H2,1-6H3. The Bertz CT molecular complexity index is 3040. The highest BCUT2D eigenvalue weighted by molar-refractivity contribution is 7.19. The third-order valence-electron chi connectivity index (χ3n) is 16.1. The quantitative estimate of drug-likeness (QED) is 0.0379. The minimum absolute atomic E-state index is 0.935. The number of rotatable bonds is 27. The van der Waals surface area contributed by atoms with E-state index < -0.39 is 8.07 Å². The van der Waals surface area contributed by atoms with Gasteiger partial charge in [0.1, 0.15) is 8.07 Å². The lowest BCUT2D eigenvalue weighted by Gasteiger charge is -2.31. The molecule has 9 rings (SSSR count). The van der Waals surface area contributed by atoms with Crippen molar-refractivity contribution in [1.29, 1.82) is 0 Å². The first kappa shape index (κ1) is 52.9. The average molecular weight is 1020 g/mol. The van der Waals surface area contributed by atoms with Crippen LogP contribution in [0.2, 0.25) is 12.1 Å². The summed E-state index contributed by atoms with van der Waals surface area (Å²) >= 11 is 3.92.